The molecule has 0 saturated heterocycles. The van der Waals surface area contributed by atoms with Gasteiger partial charge in [-0.15, -0.1) is 0 Å². The Morgan fingerprint density at radius 2 is 2.16 bits per heavy atom. The number of nitrogens with zero attached hydrogens (tertiary/aromatic N) is 1. The fraction of sp³-hybridized carbons (Fsp3) is 0.929. The molecule has 3 aliphatic rings. The largest absolute Gasteiger partial charge is 0.466 e. The molecule has 0 aliphatic heterocycles. The molecule has 5 heteroatoms. The smallest absolute Gasteiger partial charge is 0.306 e. The van der Waals surface area contributed by atoms with Crippen LogP contribution in [0.1, 0.15) is 39.0 Å². The standard InChI is InChI=1S/C14H21NO4/c1-2-19-13(16)7-14(8-15(17)18)11-4-3-9-5-10(11)12(14)6-9/h9-12H,2-8H2,1H3/t9?,10-,11?,12-,14-/m0/s1. The minimum atomic E-state index is -0.397. The van der Waals surface area contributed by atoms with Gasteiger partial charge in [-0.1, -0.05) is 6.42 Å². The first-order valence-electron chi connectivity index (χ1n) is 7.34. The highest BCUT2D eigenvalue weighted by molar-refractivity contribution is 5.70. The van der Waals surface area contributed by atoms with Crippen molar-refractivity contribution in [1.82, 2.24) is 0 Å². The van der Waals surface area contributed by atoms with Crippen molar-refractivity contribution in [3.8, 4) is 0 Å². The predicted octanol–water partition coefficient (Wildman–Crippen LogP) is 2.27. The molecule has 0 aromatic heterocycles. The summed E-state index contributed by atoms with van der Waals surface area (Å²) in [7, 11) is 0. The fourth-order valence-corrected chi connectivity index (χ4v) is 5.29. The molecule has 0 aromatic carbocycles. The zero-order valence-electron chi connectivity index (χ0n) is 11.3. The van der Waals surface area contributed by atoms with E-state index in [2.05, 4.69) is 0 Å². The number of nitro groups is 1. The molecule has 3 aliphatic carbocycles. The number of fused-ring (bicyclic) bond motifs is 1. The SMILES string of the molecule is CCOC(=O)C[C@]1(C[N+](=O)[O-])C2CCC3C[C@@H]2[C@@H]1C3. The second-order valence-corrected chi connectivity index (χ2v) is 6.50. The number of hydrogen-bond acceptors (Lipinski definition) is 4. The van der Waals surface area contributed by atoms with Crippen molar-refractivity contribution in [2.24, 2.45) is 29.1 Å². The highest BCUT2D eigenvalue weighted by Gasteiger charge is 2.68. The van der Waals surface area contributed by atoms with Crippen molar-refractivity contribution in [3.63, 3.8) is 0 Å². The third kappa shape index (κ3) is 1.85. The molecule has 3 rings (SSSR count). The second kappa shape index (κ2) is 4.46. The molecule has 5 nitrogen and oxygen atoms in total. The van der Waals surface area contributed by atoms with Gasteiger partial charge in [-0.3, -0.25) is 14.9 Å². The summed E-state index contributed by atoms with van der Waals surface area (Å²) in [4.78, 5) is 22.7. The lowest BCUT2D eigenvalue weighted by molar-refractivity contribution is -0.511. The van der Waals surface area contributed by atoms with Gasteiger partial charge in [0.15, 0.2) is 0 Å². The summed E-state index contributed by atoms with van der Waals surface area (Å²) in [6.45, 7) is 2.09. The van der Waals surface area contributed by atoms with E-state index in [0.717, 1.165) is 18.8 Å². The van der Waals surface area contributed by atoms with Gasteiger partial charge in [0, 0.05) is 4.92 Å². The first-order valence-corrected chi connectivity index (χ1v) is 7.34. The van der Waals surface area contributed by atoms with Crippen LogP contribution < -0.4 is 0 Å². The normalized spacial score (nSPS) is 42.6. The zero-order chi connectivity index (χ0) is 13.6. The lowest BCUT2D eigenvalue weighted by Gasteiger charge is -2.57. The van der Waals surface area contributed by atoms with Crippen LogP contribution in [0.4, 0.5) is 0 Å². The second-order valence-electron chi connectivity index (χ2n) is 6.50. The van der Waals surface area contributed by atoms with Gasteiger partial charge in [0.05, 0.1) is 18.4 Å². The van der Waals surface area contributed by atoms with E-state index in [9.17, 15) is 14.9 Å². The Kier molecular flexibility index (Phi) is 3.02. The van der Waals surface area contributed by atoms with Gasteiger partial charge < -0.3 is 4.74 Å². The molecule has 2 bridgehead atoms. The molecule has 0 spiro atoms. The molecule has 3 fully saturated rings. The summed E-state index contributed by atoms with van der Waals surface area (Å²) in [6.07, 6.45) is 4.84. The summed E-state index contributed by atoms with van der Waals surface area (Å²) < 4.78 is 5.05. The lowest BCUT2D eigenvalue weighted by Crippen LogP contribution is -2.59. The van der Waals surface area contributed by atoms with Crippen LogP contribution in [0.3, 0.4) is 0 Å². The topological polar surface area (TPSA) is 69.4 Å². The van der Waals surface area contributed by atoms with Crippen molar-refractivity contribution in [2.75, 3.05) is 13.2 Å². The summed E-state index contributed by atoms with van der Waals surface area (Å²) in [5, 5.41) is 11.1. The molecule has 0 heterocycles. The van der Waals surface area contributed by atoms with E-state index in [1.165, 1.54) is 12.8 Å². The Hall–Kier alpha value is -1.13. The van der Waals surface area contributed by atoms with E-state index in [-0.39, 0.29) is 23.9 Å². The average Bonchev–Trinajstić information content (AvgIpc) is 2.52. The third-order valence-electron chi connectivity index (χ3n) is 5.79. The Labute approximate surface area is 112 Å². The van der Waals surface area contributed by atoms with Crippen LogP contribution in [-0.2, 0) is 9.53 Å². The number of rotatable bonds is 5. The van der Waals surface area contributed by atoms with Gasteiger partial charge in [-0.05, 0) is 49.9 Å². The molecular formula is C14H21NO4. The van der Waals surface area contributed by atoms with Crippen LogP contribution in [0.15, 0.2) is 0 Å². The highest BCUT2D eigenvalue weighted by Crippen LogP contribution is 2.70. The Morgan fingerprint density at radius 3 is 2.84 bits per heavy atom. The van der Waals surface area contributed by atoms with Gasteiger partial charge in [0.1, 0.15) is 0 Å². The van der Waals surface area contributed by atoms with Crippen LogP contribution in [0.25, 0.3) is 0 Å². The molecule has 3 saturated carbocycles. The monoisotopic (exact) mass is 267 g/mol. The summed E-state index contributed by atoms with van der Waals surface area (Å²) in [5.74, 6) is 1.92. The number of ether oxygens (including phenoxy) is 1. The molecule has 19 heavy (non-hydrogen) atoms. The molecule has 106 valence electrons. The lowest BCUT2D eigenvalue weighted by atomic mass is 9.45. The molecule has 5 atom stereocenters. The Morgan fingerprint density at radius 1 is 1.37 bits per heavy atom. The van der Waals surface area contributed by atoms with Crippen LogP contribution in [0.2, 0.25) is 0 Å². The molecule has 0 aromatic rings. The van der Waals surface area contributed by atoms with E-state index in [0.29, 0.717) is 24.4 Å². The minimum Gasteiger partial charge on any atom is -0.466 e. The summed E-state index contributed by atoms with van der Waals surface area (Å²) in [5.41, 5.74) is -0.397. The number of esters is 1. The number of carbonyl (C=O) groups is 1. The van der Waals surface area contributed by atoms with Crippen molar-refractivity contribution in [2.45, 2.75) is 39.0 Å². The summed E-state index contributed by atoms with van der Waals surface area (Å²) in [6, 6.07) is 0. The first kappa shape index (κ1) is 12.9. The summed E-state index contributed by atoms with van der Waals surface area (Å²) >= 11 is 0. The maximum atomic E-state index is 11.9. The van der Waals surface area contributed by atoms with Gasteiger partial charge in [-0.25, -0.2) is 0 Å². The van der Waals surface area contributed by atoms with Crippen LogP contribution in [-0.4, -0.2) is 24.0 Å². The molecule has 2 unspecified atom stereocenters. The quantitative estimate of drug-likeness (QED) is 0.435. The zero-order valence-corrected chi connectivity index (χ0v) is 11.3. The minimum absolute atomic E-state index is 0.0512. The van der Waals surface area contributed by atoms with Gasteiger partial charge in [0.2, 0.25) is 6.54 Å². The highest BCUT2D eigenvalue weighted by atomic mass is 16.6. The first-order chi connectivity index (χ1) is 9.06. The molecule has 0 N–H and O–H groups in total. The van der Waals surface area contributed by atoms with Crippen molar-refractivity contribution < 1.29 is 14.5 Å². The van der Waals surface area contributed by atoms with E-state index in [1.807, 2.05) is 0 Å². The van der Waals surface area contributed by atoms with Crippen LogP contribution in [0.5, 0.6) is 0 Å². The van der Waals surface area contributed by atoms with Crippen LogP contribution in [0, 0.1) is 39.2 Å². The molecule has 0 amide bonds. The Balaban J connectivity index is 1.82. The van der Waals surface area contributed by atoms with E-state index >= 15 is 0 Å². The van der Waals surface area contributed by atoms with Gasteiger partial charge >= 0.3 is 5.97 Å². The third-order valence-corrected chi connectivity index (χ3v) is 5.79. The van der Waals surface area contributed by atoms with Crippen molar-refractivity contribution >= 4 is 5.97 Å². The molecular weight excluding hydrogens is 246 g/mol. The number of carbonyl (C=O) groups excluding carboxylic acids is 1. The maximum Gasteiger partial charge on any atom is 0.306 e. The number of hydrogen-bond donors (Lipinski definition) is 0. The van der Waals surface area contributed by atoms with Gasteiger partial charge in [-0.2, -0.15) is 0 Å². The van der Waals surface area contributed by atoms with Crippen molar-refractivity contribution in [1.29, 1.82) is 0 Å². The predicted molar refractivity (Wildman–Crippen MR) is 68.0 cm³/mol. The van der Waals surface area contributed by atoms with E-state index in [1.54, 1.807) is 6.92 Å². The van der Waals surface area contributed by atoms with Crippen molar-refractivity contribution in [3.05, 3.63) is 10.1 Å². The van der Waals surface area contributed by atoms with E-state index < -0.39 is 5.41 Å². The maximum absolute atomic E-state index is 11.9. The van der Waals surface area contributed by atoms with E-state index in [4.69, 9.17) is 4.74 Å². The average molecular weight is 267 g/mol. The van der Waals surface area contributed by atoms with Crippen LogP contribution >= 0.6 is 0 Å². The van der Waals surface area contributed by atoms with Gasteiger partial charge in [0.25, 0.3) is 0 Å². The Bertz CT molecular complexity index is 402. The fourth-order valence-electron chi connectivity index (χ4n) is 5.29. The molecule has 0 radical (unpaired) electrons.